The summed E-state index contributed by atoms with van der Waals surface area (Å²) >= 11 is 5.07. The number of aromatic nitrogens is 2. The second-order valence-corrected chi connectivity index (χ2v) is 6.82. The molecule has 1 heterocycles. The number of halogens is 1. The summed E-state index contributed by atoms with van der Waals surface area (Å²) in [5, 5.41) is 20.8. The zero-order valence-electron chi connectivity index (χ0n) is 17.5. The molecule has 0 spiro atoms. The van der Waals surface area contributed by atoms with E-state index in [0.717, 1.165) is 0 Å². The van der Waals surface area contributed by atoms with Crippen LogP contribution in [0.4, 0.5) is 21.8 Å². The summed E-state index contributed by atoms with van der Waals surface area (Å²) in [7, 11) is 0. The highest BCUT2D eigenvalue weighted by Crippen LogP contribution is 2.19. The molecule has 10 nitrogen and oxygen atoms in total. The van der Waals surface area contributed by atoms with Gasteiger partial charge in [0.05, 0.1) is 13.0 Å². The van der Waals surface area contributed by atoms with Gasteiger partial charge in [-0.3, -0.25) is 4.79 Å². The lowest BCUT2D eigenvalue weighted by molar-refractivity contribution is -0.136. The quantitative estimate of drug-likeness (QED) is 0.180. The molecule has 0 aliphatic rings. The molecule has 2 rings (SSSR count). The normalized spacial score (nSPS) is 10.2. The molecule has 0 saturated heterocycles. The average Bonchev–Trinajstić information content (AvgIpc) is 2.75. The molecule has 0 fully saturated rings. The number of carbonyl (C=O) groups is 2. The van der Waals surface area contributed by atoms with Crippen molar-refractivity contribution < 1.29 is 23.8 Å². The van der Waals surface area contributed by atoms with Crippen molar-refractivity contribution >= 4 is 46.7 Å². The molecule has 0 aliphatic heterocycles. The van der Waals surface area contributed by atoms with Gasteiger partial charge in [0.15, 0.2) is 5.11 Å². The van der Waals surface area contributed by atoms with Crippen molar-refractivity contribution in [2.75, 3.05) is 36.9 Å². The van der Waals surface area contributed by atoms with Crippen molar-refractivity contribution in [3.63, 3.8) is 0 Å². The summed E-state index contributed by atoms with van der Waals surface area (Å²) < 4.78 is 18.1. The van der Waals surface area contributed by atoms with E-state index in [0.29, 0.717) is 36.1 Å². The number of carboxylic acids is 1. The van der Waals surface area contributed by atoms with Crippen LogP contribution in [0.15, 0.2) is 30.5 Å². The van der Waals surface area contributed by atoms with Crippen molar-refractivity contribution in [3.05, 3.63) is 41.8 Å². The predicted octanol–water partition coefficient (Wildman–Crippen LogP) is 2.28. The number of nitrogens with one attached hydrogen (secondary N) is 4. The van der Waals surface area contributed by atoms with Crippen LogP contribution in [-0.4, -0.2) is 58.4 Å². The Morgan fingerprint density at radius 1 is 1.16 bits per heavy atom. The van der Waals surface area contributed by atoms with Crippen LogP contribution in [0.2, 0.25) is 0 Å². The van der Waals surface area contributed by atoms with E-state index in [1.54, 1.807) is 19.1 Å². The molecule has 0 aliphatic carbocycles. The molecule has 0 atom stereocenters. The maximum atomic E-state index is 13.1. The molecule has 0 bridgehead atoms. The van der Waals surface area contributed by atoms with Crippen LogP contribution in [0.3, 0.4) is 0 Å². The van der Waals surface area contributed by atoms with Crippen LogP contribution in [0.1, 0.15) is 30.1 Å². The first-order chi connectivity index (χ1) is 15.4. The van der Waals surface area contributed by atoms with Gasteiger partial charge in [-0.25, -0.2) is 14.2 Å². The van der Waals surface area contributed by atoms with Crippen molar-refractivity contribution in [1.29, 1.82) is 0 Å². The molecule has 1 aromatic heterocycles. The van der Waals surface area contributed by atoms with Crippen molar-refractivity contribution in [3.8, 4) is 0 Å². The van der Waals surface area contributed by atoms with Crippen LogP contribution < -0.4 is 21.3 Å². The number of nitrogens with zero attached hydrogens (tertiary/aromatic N) is 2. The number of aliphatic carboxylic acids is 1. The summed E-state index contributed by atoms with van der Waals surface area (Å²) in [5.74, 6) is -1.29. The van der Waals surface area contributed by atoms with Gasteiger partial charge in [0.25, 0.3) is 0 Å². The standard InChI is InChI=1S/C20H25FN6O4S/c1-2-31-18(30)15-12-25-19(26-14-6-4-13(21)5-7-14)27-17(15)22-9-3-10-23-20(32)24-11-8-16(28)29/h4-7,12H,2-3,8-11H2,1H3,(H,28,29)(H2,23,24,32)(H2,22,25,26,27). The second-order valence-electron chi connectivity index (χ2n) is 6.42. The molecular weight excluding hydrogens is 439 g/mol. The van der Waals surface area contributed by atoms with Gasteiger partial charge in [-0.15, -0.1) is 0 Å². The number of ether oxygens (including phenoxy) is 1. The molecule has 5 N–H and O–H groups in total. The zero-order valence-corrected chi connectivity index (χ0v) is 18.3. The largest absolute Gasteiger partial charge is 0.481 e. The van der Waals surface area contributed by atoms with Crippen molar-refractivity contribution in [1.82, 2.24) is 20.6 Å². The van der Waals surface area contributed by atoms with Gasteiger partial charge in [0, 0.05) is 31.5 Å². The fourth-order valence-corrected chi connectivity index (χ4v) is 2.64. The third-order valence-electron chi connectivity index (χ3n) is 3.94. The molecule has 0 radical (unpaired) electrons. The molecule has 12 heteroatoms. The topological polar surface area (TPSA) is 138 Å². The maximum Gasteiger partial charge on any atom is 0.343 e. The minimum Gasteiger partial charge on any atom is -0.481 e. The van der Waals surface area contributed by atoms with E-state index in [1.165, 1.54) is 18.3 Å². The first kappa shape index (κ1) is 24.7. The van der Waals surface area contributed by atoms with E-state index in [1.807, 2.05) is 0 Å². The van der Waals surface area contributed by atoms with Gasteiger partial charge in [-0.05, 0) is 49.8 Å². The SMILES string of the molecule is CCOC(=O)c1cnc(Nc2ccc(F)cc2)nc1NCCCNC(=S)NCCC(=O)O. The Morgan fingerprint density at radius 3 is 2.56 bits per heavy atom. The first-order valence-corrected chi connectivity index (χ1v) is 10.3. The molecule has 2 aromatic rings. The average molecular weight is 465 g/mol. The second kappa shape index (κ2) is 13.0. The Morgan fingerprint density at radius 2 is 1.88 bits per heavy atom. The number of benzene rings is 1. The van der Waals surface area contributed by atoms with E-state index < -0.39 is 11.9 Å². The minimum absolute atomic E-state index is 0.0258. The summed E-state index contributed by atoms with van der Waals surface area (Å²) in [5.41, 5.74) is 0.782. The third kappa shape index (κ3) is 8.68. The van der Waals surface area contributed by atoms with Crippen LogP contribution in [0.25, 0.3) is 0 Å². The Hall–Kier alpha value is -3.54. The maximum absolute atomic E-state index is 13.1. The van der Waals surface area contributed by atoms with Crippen molar-refractivity contribution in [2.45, 2.75) is 19.8 Å². The van der Waals surface area contributed by atoms with Gasteiger partial charge < -0.3 is 31.1 Å². The monoisotopic (exact) mass is 464 g/mol. The van der Waals surface area contributed by atoms with Crippen LogP contribution in [0.5, 0.6) is 0 Å². The van der Waals surface area contributed by atoms with Crippen LogP contribution in [0, 0.1) is 5.82 Å². The van der Waals surface area contributed by atoms with Crippen LogP contribution in [-0.2, 0) is 9.53 Å². The lowest BCUT2D eigenvalue weighted by atomic mass is 10.3. The molecule has 0 unspecified atom stereocenters. The lowest BCUT2D eigenvalue weighted by Crippen LogP contribution is -2.37. The van der Waals surface area contributed by atoms with E-state index in [9.17, 15) is 14.0 Å². The number of esters is 1. The Kier molecular flexibility index (Phi) is 10.0. The summed E-state index contributed by atoms with van der Waals surface area (Å²) in [4.78, 5) is 31.2. The molecule has 0 saturated carbocycles. The summed E-state index contributed by atoms with van der Waals surface area (Å²) in [6, 6.07) is 5.71. The number of hydrogen-bond acceptors (Lipinski definition) is 8. The third-order valence-corrected chi connectivity index (χ3v) is 4.23. The summed E-state index contributed by atoms with van der Waals surface area (Å²) in [6.45, 7) is 3.14. The number of thiocarbonyl (C=S) groups is 1. The number of carbonyl (C=O) groups excluding carboxylic acids is 1. The number of rotatable bonds is 12. The molecule has 172 valence electrons. The van der Waals surface area contributed by atoms with E-state index in [4.69, 9.17) is 22.1 Å². The van der Waals surface area contributed by atoms with Gasteiger partial charge in [-0.1, -0.05) is 0 Å². The Bertz CT molecular complexity index is 929. The highest BCUT2D eigenvalue weighted by Gasteiger charge is 2.16. The van der Waals surface area contributed by atoms with Gasteiger partial charge in [0.1, 0.15) is 17.2 Å². The van der Waals surface area contributed by atoms with Crippen LogP contribution >= 0.6 is 12.2 Å². The smallest absolute Gasteiger partial charge is 0.343 e. The van der Waals surface area contributed by atoms with Gasteiger partial charge >= 0.3 is 11.9 Å². The molecular formula is C20H25FN6O4S. The van der Waals surface area contributed by atoms with E-state index >= 15 is 0 Å². The molecule has 0 amide bonds. The van der Waals surface area contributed by atoms with Gasteiger partial charge in [-0.2, -0.15) is 4.98 Å². The van der Waals surface area contributed by atoms with E-state index in [2.05, 4.69) is 31.2 Å². The first-order valence-electron chi connectivity index (χ1n) is 9.93. The summed E-state index contributed by atoms with van der Waals surface area (Å²) in [6.07, 6.45) is 1.97. The minimum atomic E-state index is -0.903. The molecule has 1 aromatic carbocycles. The predicted molar refractivity (Wildman–Crippen MR) is 122 cm³/mol. The number of hydrogen-bond donors (Lipinski definition) is 5. The highest BCUT2D eigenvalue weighted by atomic mass is 32.1. The highest BCUT2D eigenvalue weighted by molar-refractivity contribution is 7.80. The van der Waals surface area contributed by atoms with E-state index in [-0.39, 0.29) is 36.9 Å². The number of carboxylic acid groups (broad SMARTS) is 1. The fourth-order valence-electron chi connectivity index (χ4n) is 2.44. The Labute approximate surface area is 190 Å². The van der Waals surface area contributed by atoms with Gasteiger partial charge in [0.2, 0.25) is 5.95 Å². The molecule has 32 heavy (non-hydrogen) atoms. The van der Waals surface area contributed by atoms with Crippen molar-refractivity contribution in [2.24, 2.45) is 0 Å². The Balaban J connectivity index is 1.93. The number of anilines is 3. The zero-order chi connectivity index (χ0) is 23.3. The lowest BCUT2D eigenvalue weighted by Gasteiger charge is -2.13. The fraction of sp³-hybridized carbons (Fsp3) is 0.350.